The Morgan fingerprint density at radius 1 is 1.60 bits per heavy atom. The third-order valence-electron chi connectivity index (χ3n) is 1.36. The molecule has 1 heterocycles. The number of hydrogen-bond acceptors (Lipinski definition) is 4. The molecule has 0 aromatic heterocycles. The van der Waals surface area contributed by atoms with Crippen LogP contribution < -0.4 is 5.90 Å². The second-order valence-electron chi connectivity index (χ2n) is 2.04. The SMILES string of the molecule is NOCOC(=O)N1CCC1. The number of rotatable bonds is 2. The van der Waals surface area contributed by atoms with Gasteiger partial charge in [-0.05, 0) is 6.42 Å². The monoisotopic (exact) mass is 146 g/mol. The van der Waals surface area contributed by atoms with Crippen molar-refractivity contribution in [2.45, 2.75) is 6.42 Å². The number of hydrogen-bond donors (Lipinski definition) is 1. The Balaban J connectivity index is 2.08. The quantitative estimate of drug-likeness (QED) is 0.428. The van der Waals surface area contributed by atoms with Crippen molar-refractivity contribution in [1.29, 1.82) is 0 Å². The van der Waals surface area contributed by atoms with E-state index in [4.69, 9.17) is 0 Å². The number of ether oxygens (including phenoxy) is 1. The molecule has 0 aliphatic carbocycles. The molecule has 1 aliphatic rings. The highest BCUT2D eigenvalue weighted by Crippen LogP contribution is 2.06. The Hall–Kier alpha value is -0.810. The van der Waals surface area contributed by atoms with Gasteiger partial charge in [0.2, 0.25) is 6.79 Å². The first-order valence-corrected chi connectivity index (χ1v) is 3.08. The summed E-state index contributed by atoms with van der Waals surface area (Å²) in [6.45, 7) is 1.39. The molecule has 0 saturated carbocycles. The number of likely N-dealkylation sites (tertiary alicyclic amines) is 1. The van der Waals surface area contributed by atoms with Gasteiger partial charge in [0, 0.05) is 13.1 Å². The van der Waals surface area contributed by atoms with Crippen molar-refractivity contribution in [2.24, 2.45) is 5.90 Å². The number of nitrogens with two attached hydrogens (primary N) is 1. The van der Waals surface area contributed by atoms with Gasteiger partial charge in [-0.2, -0.15) is 0 Å². The molecule has 10 heavy (non-hydrogen) atoms. The average Bonchev–Trinajstić information content (AvgIpc) is 1.79. The molecule has 0 spiro atoms. The summed E-state index contributed by atoms with van der Waals surface area (Å²) in [6, 6.07) is 0. The number of amides is 1. The summed E-state index contributed by atoms with van der Waals surface area (Å²) in [5, 5.41) is 0. The first-order chi connectivity index (χ1) is 4.84. The van der Waals surface area contributed by atoms with Gasteiger partial charge in [0.25, 0.3) is 0 Å². The maximum atomic E-state index is 10.8. The Labute approximate surface area is 58.6 Å². The summed E-state index contributed by atoms with van der Waals surface area (Å²) >= 11 is 0. The fourth-order valence-electron chi connectivity index (χ4n) is 0.675. The molecule has 1 aliphatic heterocycles. The van der Waals surface area contributed by atoms with E-state index in [0.717, 1.165) is 19.5 Å². The van der Waals surface area contributed by atoms with E-state index in [2.05, 4.69) is 15.5 Å². The van der Waals surface area contributed by atoms with Crippen LogP contribution in [0.5, 0.6) is 0 Å². The molecule has 0 atom stereocenters. The number of carbonyl (C=O) groups is 1. The van der Waals surface area contributed by atoms with Crippen molar-refractivity contribution in [2.75, 3.05) is 19.9 Å². The van der Waals surface area contributed by atoms with Crippen LogP contribution in [0.4, 0.5) is 4.79 Å². The zero-order valence-electron chi connectivity index (χ0n) is 5.58. The maximum Gasteiger partial charge on any atom is 0.411 e. The maximum absolute atomic E-state index is 10.8. The summed E-state index contributed by atoms with van der Waals surface area (Å²) in [5.74, 6) is 4.64. The predicted octanol–water partition coefficient (Wildman–Crippen LogP) is -0.324. The summed E-state index contributed by atoms with van der Waals surface area (Å²) in [5.41, 5.74) is 0. The first-order valence-electron chi connectivity index (χ1n) is 3.08. The molecular formula is C5H10N2O3. The molecule has 0 radical (unpaired) electrons. The van der Waals surface area contributed by atoms with Gasteiger partial charge >= 0.3 is 6.09 Å². The minimum absolute atomic E-state index is 0.171. The van der Waals surface area contributed by atoms with E-state index in [9.17, 15) is 4.79 Å². The molecular weight excluding hydrogens is 136 g/mol. The van der Waals surface area contributed by atoms with E-state index in [0.29, 0.717) is 0 Å². The van der Waals surface area contributed by atoms with Crippen LogP contribution in [-0.4, -0.2) is 30.9 Å². The van der Waals surface area contributed by atoms with Crippen molar-refractivity contribution in [3.05, 3.63) is 0 Å². The third-order valence-corrected chi connectivity index (χ3v) is 1.36. The second-order valence-corrected chi connectivity index (χ2v) is 2.04. The normalized spacial score (nSPS) is 16.3. The number of nitrogens with zero attached hydrogens (tertiary/aromatic N) is 1. The second kappa shape index (κ2) is 3.38. The highest BCUT2D eigenvalue weighted by Gasteiger charge is 2.20. The molecule has 58 valence electrons. The minimum Gasteiger partial charge on any atom is -0.421 e. The van der Waals surface area contributed by atoms with Crippen LogP contribution in [0.3, 0.4) is 0 Å². The topological polar surface area (TPSA) is 64.8 Å². The van der Waals surface area contributed by atoms with Crippen LogP contribution >= 0.6 is 0 Å². The van der Waals surface area contributed by atoms with Crippen LogP contribution in [0.15, 0.2) is 0 Å². The van der Waals surface area contributed by atoms with Crippen LogP contribution in [0, 0.1) is 0 Å². The lowest BCUT2D eigenvalue weighted by Crippen LogP contribution is -2.42. The Morgan fingerprint density at radius 3 is 2.70 bits per heavy atom. The smallest absolute Gasteiger partial charge is 0.411 e. The molecule has 0 aromatic rings. The lowest BCUT2D eigenvalue weighted by atomic mass is 10.2. The Morgan fingerprint density at radius 2 is 2.30 bits per heavy atom. The van der Waals surface area contributed by atoms with Gasteiger partial charge in [-0.15, -0.1) is 0 Å². The van der Waals surface area contributed by atoms with Gasteiger partial charge in [0.15, 0.2) is 0 Å². The standard InChI is InChI=1S/C5H10N2O3/c6-10-4-9-5(8)7-2-1-3-7/h1-4,6H2. The molecule has 1 saturated heterocycles. The molecule has 5 heteroatoms. The van der Waals surface area contributed by atoms with Crippen molar-refractivity contribution in [3.8, 4) is 0 Å². The van der Waals surface area contributed by atoms with Crippen molar-refractivity contribution in [3.63, 3.8) is 0 Å². The van der Waals surface area contributed by atoms with Gasteiger partial charge in [-0.3, -0.25) is 4.84 Å². The van der Waals surface area contributed by atoms with Crippen molar-refractivity contribution in [1.82, 2.24) is 4.90 Å². The van der Waals surface area contributed by atoms with Crippen LogP contribution in [-0.2, 0) is 9.57 Å². The third kappa shape index (κ3) is 1.58. The Bertz CT molecular complexity index is 124. The van der Waals surface area contributed by atoms with Crippen LogP contribution in [0.25, 0.3) is 0 Å². The Kier molecular flexibility index (Phi) is 2.47. The summed E-state index contributed by atoms with van der Waals surface area (Å²) in [6.07, 6.45) is 0.704. The summed E-state index contributed by atoms with van der Waals surface area (Å²) < 4.78 is 4.53. The lowest BCUT2D eigenvalue weighted by molar-refractivity contribution is -0.0343. The minimum atomic E-state index is -0.350. The van der Waals surface area contributed by atoms with Crippen molar-refractivity contribution < 1.29 is 14.4 Å². The fraction of sp³-hybridized carbons (Fsp3) is 0.800. The van der Waals surface area contributed by atoms with Crippen LogP contribution in [0.1, 0.15) is 6.42 Å². The van der Waals surface area contributed by atoms with E-state index >= 15 is 0 Å². The molecule has 0 bridgehead atoms. The van der Waals surface area contributed by atoms with Gasteiger partial charge in [-0.25, -0.2) is 10.7 Å². The average molecular weight is 146 g/mol. The highest BCUT2D eigenvalue weighted by atomic mass is 16.7. The van der Waals surface area contributed by atoms with E-state index < -0.39 is 0 Å². The number of carbonyl (C=O) groups excluding carboxylic acids is 1. The summed E-state index contributed by atoms with van der Waals surface area (Å²) in [7, 11) is 0. The van der Waals surface area contributed by atoms with Gasteiger partial charge in [0.05, 0.1) is 0 Å². The van der Waals surface area contributed by atoms with Crippen molar-refractivity contribution >= 4 is 6.09 Å². The summed E-state index contributed by atoms with van der Waals surface area (Å²) in [4.78, 5) is 16.4. The van der Waals surface area contributed by atoms with Gasteiger partial charge in [0.1, 0.15) is 0 Å². The molecule has 1 rings (SSSR count). The largest absolute Gasteiger partial charge is 0.421 e. The molecule has 1 amide bonds. The fourth-order valence-corrected chi connectivity index (χ4v) is 0.675. The van der Waals surface area contributed by atoms with E-state index in [1.54, 1.807) is 4.90 Å². The lowest BCUT2D eigenvalue weighted by Gasteiger charge is -2.29. The molecule has 1 fully saturated rings. The molecule has 0 aromatic carbocycles. The molecule has 5 nitrogen and oxygen atoms in total. The van der Waals surface area contributed by atoms with E-state index in [-0.39, 0.29) is 12.9 Å². The van der Waals surface area contributed by atoms with Gasteiger partial charge < -0.3 is 9.64 Å². The van der Waals surface area contributed by atoms with Gasteiger partial charge in [-0.1, -0.05) is 0 Å². The zero-order chi connectivity index (χ0) is 7.40. The van der Waals surface area contributed by atoms with E-state index in [1.807, 2.05) is 0 Å². The molecule has 0 unspecified atom stereocenters. The zero-order valence-corrected chi connectivity index (χ0v) is 5.58. The molecule has 2 N–H and O–H groups in total. The van der Waals surface area contributed by atoms with E-state index in [1.165, 1.54) is 0 Å². The predicted molar refractivity (Wildman–Crippen MR) is 32.8 cm³/mol. The highest BCUT2D eigenvalue weighted by molar-refractivity contribution is 5.68. The first kappa shape index (κ1) is 7.30. The van der Waals surface area contributed by atoms with Crippen LogP contribution in [0.2, 0.25) is 0 Å².